The molecule has 1 aromatic carbocycles. The number of hydrogen-bond acceptors (Lipinski definition) is 3. The van der Waals surface area contributed by atoms with Crippen LogP contribution in [0.3, 0.4) is 0 Å². The summed E-state index contributed by atoms with van der Waals surface area (Å²) in [6.45, 7) is 5.34. The predicted molar refractivity (Wildman–Crippen MR) is 85.1 cm³/mol. The summed E-state index contributed by atoms with van der Waals surface area (Å²) in [5.41, 5.74) is 1.30. The second-order valence-corrected chi connectivity index (χ2v) is 8.23. The van der Waals surface area contributed by atoms with Gasteiger partial charge >= 0.3 is 0 Å². The van der Waals surface area contributed by atoms with E-state index in [1.165, 1.54) is 10.5 Å². The van der Waals surface area contributed by atoms with Crippen LogP contribution in [0.5, 0.6) is 0 Å². The molecule has 3 rings (SSSR count). The minimum atomic E-state index is -0.502. The van der Waals surface area contributed by atoms with Gasteiger partial charge in [0.15, 0.2) is 0 Å². The molecular weight excluding hydrogens is 266 g/mol. The van der Waals surface area contributed by atoms with Crippen LogP contribution in [-0.2, 0) is 0 Å². The highest BCUT2D eigenvalue weighted by Gasteiger charge is 2.37. The molecule has 0 spiro atoms. The maximum atomic E-state index is 10.7. The molecule has 1 fully saturated rings. The van der Waals surface area contributed by atoms with Crippen LogP contribution in [0.1, 0.15) is 51.1 Å². The Morgan fingerprint density at radius 1 is 1.20 bits per heavy atom. The predicted octanol–water partition coefficient (Wildman–Crippen LogP) is 3.75. The van der Waals surface area contributed by atoms with Crippen molar-refractivity contribution in [2.24, 2.45) is 5.41 Å². The highest BCUT2D eigenvalue weighted by atomic mass is 32.2. The standard InChI is InChI=1S/C17H25NOS/c1-16(2)7-9-17(19,10-8-16)12-18-14-11-20-15-6-4-3-5-13(14)15/h3-6,14,18-19H,7-12H2,1-2H3. The van der Waals surface area contributed by atoms with Gasteiger partial charge in [0.2, 0.25) is 0 Å². The number of thioether (sulfide) groups is 1. The fourth-order valence-corrected chi connectivity index (χ4v) is 4.41. The first-order chi connectivity index (χ1) is 9.48. The molecule has 1 saturated carbocycles. The van der Waals surface area contributed by atoms with Crippen LogP contribution in [0.25, 0.3) is 0 Å². The van der Waals surface area contributed by atoms with Crippen molar-refractivity contribution in [3.63, 3.8) is 0 Å². The van der Waals surface area contributed by atoms with Gasteiger partial charge in [-0.05, 0) is 42.7 Å². The molecule has 1 unspecified atom stereocenters. The van der Waals surface area contributed by atoms with E-state index in [0.29, 0.717) is 11.5 Å². The first-order valence-electron chi connectivity index (χ1n) is 7.65. The normalized spacial score (nSPS) is 27.2. The molecule has 3 heteroatoms. The van der Waals surface area contributed by atoms with E-state index in [0.717, 1.165) is 38.0 Å². The third kappa shape index (κ3) is 3.05. The Labute approximate surface area is 126 Å². The fraction of sp³-hybridized carbons (Fsp3) is 0.647. The van der Waals surface area contributed by atoms with Crippen molar-refractivity contribution in [3.8, 4) is 0 Å². The lowest BCUT2D eigenvalue weighted by Crippen LogP contribution is -2.46. The molecule has 0 aromatic heterocycles. The fourth-order valence-electron chi connectivity index (χ4n) is 3.21. The average molecular weight is 291 g/mol. The molecule has 0 radical (unpaired) electrons. The van der Waals surface area contributed by atoms with E-state index in [1.807, 2.05) is 11.8 Å². The van der Waals surface area contributed by atoms with Gasteiger partial charge < -0.3 is 10.4 Å². The van der Waals surface area contributed by atoms with E-state index in [4.69, 9.17) is 0 Å². The lowest BCUT2D eigenvalue weighted by atomic mass is 9.71. The summed E-state index contributed by atoms with van der Waals surface area (Å²) in [6.07, 6.45) is 4.10. The van der Waals surface area contributed by atoms with Crippen LogP contribution in [0.4, 0.5) is 0 Å². The lowest BCUT2D eigenvalue weighted by Gasteiger charge is -2.40. The molecular formula is C17H25NOS. The van der Waals surface area contributed by atoms with E-state index in [-0.39, 0.29) is 0 Å². The highest BCUT2D eigenvalue weighted by Crippen LogP contribution is 2.41. The zero-order valence-corrected chi connectivity index (χ0v) is 13.3. The van der Waals surface area contributed by atoms with Gasteiger partial charge in [-0.25, -0.2) is 0 Å². The van der Waals surface area contributed by atoms with Crippen molar-refractivity contribution < 1.29 is 5.11 Å². The van der Waals surface area contributed by atoms with Gasteiger partial charge in [-0.2, -0.15) is 0 Å². The number of benzene rings is 1. The number of hydrogen-bond donors (Lipinski definition) is 2. The molecule has 2 nitrogen and oxygen atoms in total. The van der Waals surface area contributed by atoms with Crippen molar-refractivity contribution in [2.75, 3.05) is 12.3 Å². The molecule has 1 aliphatic carbocycles. The summed E-state index contributed by atoms with van der Waals surface area (Å²) in [5.74, 6) is 1.08. The number of rotatable bonds is 3. The first-order valence-corrected chi connectivity index (χ1v) is 8.64. The highest BCUT2D eigenvalue weighted by molar-refractivity contribution is 7.99. The van der Waals surface area contributed by atoms with Crippen LogP contribution < -0.4 is 5.32 Å². The van der Waals surface area contributed by atoms with Crippen molar-refractivity contribution in [1.29, 1.82) is 0 Å². The molecule has 2 aliphatic rings. The molecule has 1 aliphatic heterocycles. The molecule has 1 aromatic rings. The second-order valence-electron chi connectivity index (χ2n) is 7.17. The second kappa shape index (κ2) is 5.36. The number of nitrogens with one attached hydrogen (secondary N) is 1. The number of aliphatic hydroxyl groups is 1. The Morgan fingerprint density at radius 3 is 2.65 bits per heavy atom. The Hall–Kier alpha value is -0.510. The SMILES string of the molecule is CC1(C)CCC(O)(CNC2CSc3ccccc32)CC1. The Kier molecular flexibility index (Phi) is 3.87. The third-order valence-corrected chi connectivity index (χ3v) is 6.09. The Morgan fingerprint density at radius 2 is 1.90 bits per heavy atom. The van der Waals surface area contributed by atoms with Gasteiger partial charge in [-0.1, -0.05) is 32.0 Å². The Bertz CT molecular complexity index is 476. The monoisotopic (exact) mass is 291 g/mol. The summed E-state index contributed by atoms with van der Waals surface area (Å²) >= 11 is 1.92. The van der Waals surface area contributed by atoms with Gasteiger partial charge in [0, 0.05) is 23.2 Å². The van der Waals surface area contributed by atoms with Crippen LogP contribution in [0, 0.1) is 5.41 Å². The van der Waals surface area contributed by atoms with Crippen molar-refractivity contribution >= 4 is 11.8 Å². The van der Waals surface area contributed by atoms with Crippen molar-refractivity contribution in [1.82, 2.24) is 5.32 Å². The first kappa shape index (κ1) is 14.4. The number of fused-ring (bicyclic) bond motifs is 1. The molecule has 0 bridgehead atoms. The van der Waals surface area contributed by atoms with E-state index >= 15 is 0 Å². The van der Waals surface area contributed by atoms with Crippen molar-refractivity contribution in [2.45, 2.75) is 56.1 Å². The summed E-state index contributed by atoms with van der Waals surface area (Å²) in [7, 11) is 0. The molecule has 1 heterocycles. The molecule has 20 heavy (non-hydrogen) atoms. The van der Waals surface area contributed by atoms with Gasteiger partial charge in [-0.15, -0.1) is 11.8 Å². The largest absolute Gasteiger partial charge is 0.389 e. The maximum Gasteiger partial charge on any atom is 0.0772 e. The van der Waals surface area contributed by atoms with Crippen LogP contribution in [-0.4, -0.2) is 23.0 Å². The quantitative estimate of drug-likeness (QED) is 0.889. The summed E-state index contributed by atoms with van der Waals surface area (Å²) in [4.78, 5) is 1.39. The van der Waals surface area contributed by atoms with E-state index in [2.05, 4.69) is 43.4 Å². The van der Waals surface area contributed by atoms with Crippen LogP contribution in [0.15, 0.2) is 29.2 Å². The molecule has 0 saturated heterocycles. The van der Waals surface area contributed by atoms with Gasteiger partial charge in [0.1, 0.15) is 0 Å². The topological polar surface area (TPSA) is 32.3 Å². The maximum absolute atomic E-state index is 10.7. The molecule has 1 atom stereocenters. The van der Waals surface area contributed by atoms with E-state index in [1.54, 1.807) is 0 Å². The van der Waals surface area contributed by atoms with E-state index < -0.39 is 5.60 Å². The smallest absolute Gasteiger partial charge is 0.0772 e. The molecule has 2 N–H and O–H groups in total. The van der Waals surface area contributed by atoms with Gasteiger partial charge in [0.25, 0.3) is 0 Å². The molecule has 0 amide bonds. The van der Waals surface area contributed by atoms with Crippen LogP contribution in [0.2, 0.25) is 0 Å². The molecule has 110 valence electrons. The summed E-state index contributed by atoms with van der Waals surface area (Å²) in [5, 5.41) is 14.3. The zero-order chi connectivity index (χ0) is 14.2. The van der Waals surface area contributed by atoms with Crippen molar-refractivity contribution in [3.05, 3.63) is 29.8 Å². The van der Waals surface area contributed by atoms with E-state index in [9.17, 15) is 5.11 Å². The third-order valence-electron chi connectivity index (χ3n) is 4.91. The van der Waals surface area contributed by atoms with Crippen LogP contribution >= 0.6 is 11.8 Å². The summed E-state index contributed by atoms with van der Waals surface area (Å²) in [6, 6.07) is 9.01. The Balaban J connectivity index is 1.58. The summed E-state index contributed by atoms with van der Waals surface area (Å²) < 4.78 is 0. The minimum absolute atomic E-state index is 0.398. The van der Waals surface area contributed by atoms with Gasteiger partial charge in [0.05, 0.1) is 5.60 Å². The lowest BCUT2D eigenvalue weighted by molar-refractivity contribution is -0.0257. The average Bonchev–Trinajstić information content (AvgIpc) is 2.84. The van der Waals surface area contributed by atoms with Gasteiger partial charge in [-0.3, -0.25) is 0 Å². The zero-order valence-electron chi connectivity index (χ0n) is 12.5. The minimum Gasteiger partial charge on any atom is -0.389 e.